The Morgan fingerprint density at radius 1 is 0.425 bits per heavy atom. The van der Waals surface area contributed by atoms with Crippen molar-refractivity contribution in [2.45, 2.75) is 277 Å². The third-order valence-corrected chi connectivity index (χ3v) is 13.7. The van der Waals surface area contributed by atoms with Crippen LogP contribution in [0.4, 0.5) is 0 Å². The lowest BCUT2D eigenvalue weighted by Gasteiger charge is -2.19. The number of unbranched alkanes of at least 4 members (excludes halogenated alkanes) is 29. The molecule has 0 saturated heterocycles. The zero-order valence-electron chi connectivity index (χ0n) is 47.1. The molecule has 0 bridgehead atoms. The van der Waals surface area contributed by atoms with Gasteiger partial charge in [-0.25, -0.2) is 4.57 Å². The molecule has 2 unspecified atom stereocenters. The van der Waals surface area contributed by atoms with Gasteiger partial charge in [0, 0.05) is 19.4 Å². The molecular weight excluding hydrogens is 930 g/mol. The molecule has 422 valence electrons. The predicted molar refractivity (Wildman–Crippen MR) is 312 cm³/mol. The fourth-order valence-corrected chi connectivity index (χ4v) is 9.11. The SMILES string of the molecule is CC/C=C\C/C=C\C/C=C\C/C=C\CCCCCCCCCCCCCCCCC(=O)OC(COC(=O)CCCCCCCCCCCC/C=C\C/C=C\C/C=C\CCCCCCC)COP(=O)(O)OCCN. The second-order valence-electron chi connectivity index (χ2n) is 19.8. The number of phosphoric acid groups is 1. The van der Waals surface area contributed by atoms with E-state index in [4.69, 9.17) is 24.3 Å². The average Bonchev–Trinajstić information content (AvgIpc) is 3.38. The number of ether oxygens (including phenoxy) is 2. The van der Waals surface area contributed by atoms with Crippen molar-refractivity contribution in [3.63, 3.8) is 0 Å². The zero-order chi connectivity index (χ0) is 53.1. The summed E-state index contributed by atoms with van der Waals surface area (Å²) in [6, 6.07) is 0. The highest BCUT2D eigenvalue weighted by molar-refractivity contribution is 7.47. The van der Waals surface area contributed by atoms with Crippen molar-refractivity contribution < 1.29 is 37.6 Å². The highest BCUT2D eigenvalue weighted by atomic mass is 31.2. The molecule has 3 N–H and O–H groups in total. The minimum Gasteiger partial charge on any atom is -0.462 e. The number of carbonyl (C=O) groups is 2. The van der Waals surface area contributed by atoms with Gasteiger partial charge < -0.3 is 20.1 Å². The van der Waals surface area contributed by atoms with E-state index in [-0.39, 0.29) is 38.6 Å². The van der Waals surface area contributed by atoms with Crippen molar-refractivity contribution in [2.75, 3.05) is 26.4 Å². The lowest BCUT2D eigenvalue weighted by Crippen LogP contribution is -2.29. The molecule has 10 heteroatoms. The van der Waals surface area contributed by atoms with E-state index in [0.29, 0.717) is 6.42 Å². The van der Waals surface area contributed by atoms with Crippen molar-refractivity contribution in [1.82, 2.24) is 0 Å². The van der Waals surface area contributed by atoms with Crippen molar-refractivity contribution in [2.24, 2.45) is 5.73 Å². The van der Waals surface area contributed by atoms with Gasteiger partial charge in [-0.2, -0.15) is 0 Å². The Balaban J connectivity index is 3.97. The molecule has 0 amide bonds. The van der Waals surface area contributed by atoms with E-state index in [1.807, 2.05) is 0 Å². The molecule has 0 aromatic heterocycles. The predicted octanol–water partition coefficient (Wildman–Crippen LogP) is 19.1. The second kappa shape index (κ2) is 58.5. The maximum atomic E-state index is 12.7. The third-order valence-electron chi connectivity index (χ3n) is 12.8. The largest absolute Gasteiger partial charge is 0.472 e. The number of hydrogen-bond donors (Lipinski definition) is 2. The van der Waals surface area contributed by atoms with Crippen LogP contribution in [0.25, 0.3) is 0 Å². The summed E-state index contributed by atoms with van der Waals surface area (Å²) in [6.45, 7) is 3.64. The van der Waals surface area contributed by atoms with E-state index < -0.39 is 26.5 Å². The Hall–Kier alpha value is -2.81. The Bertz CT molecular complexity index is 1470. The lowest BCUT2D eigenvalue weighted by atomic mass is 10.0. The first-order valence-electron chi connectivity index (χ1n) is 30.1. The molecule has 0 saturated carbocycles. The van der Waals surface area contributed by atoms with E-state index in [9.17, 15) is 19.0 Å². The molecule has 0 radical (unpaired) electrons. The number of nitrogens with two attached hydrogens (primary N) is 1. The highest BCUT2D eigenvalue weighted by Crippen LogP contribution is 2.43. The van der Waals surface area contributed by atoms with Gasteiger partial charge in [-0.05, 0) is 89.9 Å². The molecule has 73 heavy (non-hydrogen) atoms. The third kappa shape index (κ3) is 58.3. The molecule has 0 aliphatic rings. The molecule has 0 heterocycles. The summed E-state index contributed by atoms with van der Waals surface area (Å²) in [4.78, 5) is 35.2. The number of hydrogen-bond acceptors (Lipinski definition) is 8. The Labute approximate surface area is 449 Å². The fraction of sp³-hybridized carbons (Fsp3) is 0.746. The van der Waals surface area contributed by atoms with Crippen LogP contribution in [-0.4, -0.2) is 49.3 Å². The molecule has 0 aliphatic carbocycles. The maximum absolute atomic E-state index is 12.7. The lowest BCUT2D eigenvalue weighted by molar-refractivity contribution is -0.161. The molecule has 0 rings (SSSR count). The monoisotopic (exact) mass is 1040 g/mol. The molecule has 0 aliphatic heterocycles. The summed E-state index contributed by atoms with van der Waals surface area (Å²) >= 11 is 0. The van der Waals surface area contributed by atoms with Gasteiger partial charge in [-0.1, -0.05) is 253 Å². The second-order valence-corrected chi connectivity index (χ2v) is 21.3. The van der Waals surface area contributed by atoms with Crippen molar-refractivity contribution >= 4 is 19.8 Å². The van der Waals surface area contributed by atoms with Gasteiger partial charge in [0.05, 0.1) is 13.2 Å². The number of esters is 2. The molecule has 0 fully saturated rings. The molecule has 0 aromatic rings. The van der Waals surface area contributed by atoms with E-state index in [1.54, 1.807) is 0 Å². The molecule has 9 nitrogen and oxygen atoms in total. The van der Waals surface area contributed by atoms with Crippen LogP contribution in [0, 0.1) is 0 Å². The summed E-state index contributed by atoms with van der Waals surface area (Å²) in [5.41, 5.74) is 5.39. The van der Waals surface area contributed by atoms with Gasteiger partial charge in [-0.15, -0.1) is 0 Å². The number of phosphoric ester groups is 1. The topological polar surface area (TPSA) is 134 Å². The van der Waals surface area contributed by atoms with Crippen LogP contribution >= 0.6 is 7.82 Å². The van der Waals surface area contributed by atoms with E-state index >= 15 is 0 Å². The zero-order valence-corrected chi connectivity index (χ0v) is 48.0. The molecular formula is C63H112NO8P. The van der Waals surface area contributed by atoms with Gasteiger partial charge in [0.2, 0.25) is 0 Å². The fourth-order valence-electron chi connectivity index (χ4n) is 8.34. The van der Waals surface area contributed by atoms with Gasteiger partial charge in [0.15, 0.2) is 6.10 Å². The maximum Gasteiger partial charge on any atom is 0.472 e. The van der Waals surface area contributed by atoms with Crippen molar-refractivity contribution in [3.05, 3.63) is 85.1 Å². The minimum atomic E-state index is -4.39. The Morgan fingerprint density at radius 2 is 0.753 bits per heavy atom. The first kappa shape index (κ1) is 70.2. The van der Waals surface area contributed by atoms with Crippen molar-refractivity contribution in [1.29, 1.82) is 0 Å². The quantitative estimate of drug-likeness (QED) is 0.0264. The van der Waals surface area contributed by atoms with Gasteiger partial charge in [0.1, 0.15) is 6.61 Å². The van der Waals surface area contributed by atoms with Crippen LogP contribution in [0.2, 0.25) is 0 Å². The Morgan fingerprint density at radius 3 is 1.12 bits per heavy atom. The van der Waals surface area contributed by atoms with Crippen LogP contribution < -0.4 is 5.73 Å². The number of rotatable bonds is 56. The first-order valence-corrected chi connectivity index (χ1v) is 31.6. The number of carbonyl (C=O) groups excluding carboxylic acids is 2. The van der Waals surface area contributed by atoms with Gasteiger partial charge in [-0.3, -0.25) is 18.6 Å². The van der Waals surface area contributed by atoms with Crippen LogP contribution in [-0.2, 0) is 32.7 Å². The average molecular weight is 1040 g/mol. The molecule has 2 atom stereocenters. The van der Waals surface area contributed by atoms with Gasteiger partial charge >= 0.3 is 19.8 Å². The van der Waals surface area contributed by atoms with Crippen LogP contribution in [0.3, 0.4) is 0 Å². The van der Waals surface area contributed by atoms with Gasteiger partial charge in [0.25, 0.3) is 0 Å². The van der Waals surface area contributed by atoms with Crippen LogP contribution in [0.15, 0.2) is 85.1 Å². The smallest absolute Gasteiger partial charge is 0.462 e. The number of allylic oxidation sites excluding steroid dienone is 14. The molecule has 0 aromatic carbocycles. The normalized spacial score (nSPS) is 13.6. The van der Waals surface area contributed by atoms with Crippen LogP contribution in [0.1, 0.15) is 271 Å². The first-order chi connectivity index (χ1) is 35.8. The molecule has 0 spiro atoms. The standard InChI is InChI=1S/C63H112NO8P/c1-3-5-7-9-11-13-15-17-19-21-23-25-27-29-30-32-34-36-38-40-42-44-46-48-50-52-54-56-63(66)72-61(60-71-73(67,68)70-58-57-64)59-69-62(65)55-53-51-49-47-45-43-41-39-37-35-33-31-28-26-24-22-20-18-16-14-12-10-8-6-4-2/h5,7,11,13,16-19,22-25,28,31,61H,3-4,6,8-10,12,14-15,20-21,26-27,29-30,32-60,64H2,1-2H3,(H,67,68)/b7-5-,13-11-,18-16-,19-17-,24-22-,25-23-,31-28-. The summed E-state index contributed by atoms with van der Waals surface area (Å²) in [5.74, 6) is -0.829. The summed E-state index contributed by atoms with van der Waals surface area (Å²) < 4.78 is 33.1. The summed E-state index contributed by atoms with van der Waals surface area (Å²) in [5, 5.41) is 0. The Kier molecular flexibility index (Phi) is 56.2. The van der Waals surface area contributed by atoms with Crippen LogP contribution in [0.5, 0.6) is 0 Å². The minimum absolute atomic E-state index is 0.0500. The van der Waals surface area contributed by atoms with Crippen molar-refractivity contribution in [3.8, 4) is 0 Å². The van der Waals surface area contributed by atoms with E-state index in [1.165, 1.54) is 161 Å². The highest BCUT2D eigenvalue weighted by Gasteiger charge is 2.26. The van der Waals surface area contributed by atoms with E-state index in [2.05, 4.69) is 98.9 Å². The summed E-state index contributed by atoms with van der Waals surface area (Å²) in [6.07, 6.45) is 76.4. The summed E-state index contributed by atoms with van der Waals surface area (Å²) in [7, 11) is -4.39. The van der Waals surface area contributed by atoms with E-state index in [0.717, 1.165) is 77.0 Å².